The molecule has 1 N–H and O–H groups in total. The van der Waals surface area contributed by atoms with E-state index in [-0.39, 0.29) is 23.7 Å². The molecule has 0 saturated carbocycles. The van der Waals surface area contributed by atoms with Crippen LogP contribution in [-0.4, -0.2) is 25.6 Å². The van der Waals surface area contributed by atoms with Crippen molar-refractivity contribution in [3.05, 3.63) is 52.8 Å². The average molecular weight is 357 g/mol. The highest BCUT2D eigenvalue weighted by atomic mass is 35.5. The summed E-state index contributed by atoms with van der Waals surface area (Å²) in [5, 5.41) is 0.482. The molecular formula is C15H17ClN2O4S. The number of hydrogen-bond donors (Lipinski definition) is 1. The van der Waals surface area contributed by atoms with Gasteiger partial charge in [0.15, 0.2) is 0 Å². The molecule has 8 heteroatoms. The number of carbonyl (C=O) groups is 1. The molecule has 0 atom stereocenters. The highest BCUT2D eigenvalue weighted by Crippen LogP contribution is 2.17. The lowest BCUT2D eigenvalue weighted by Gasteiger charge is -2.06. The minimum Gasteiger partial charge on any atom is -0.461 e. The molecule has 2 rings (SSSR count). The van der Waals surface area contributed by atoms with E-state index in [1.54, 1.807) is 38.2 Å². The molecule has 2 aromatic rings. The number of rotatable bonds is 6. The van der Waals surface area contributed by atoms with E-state index in [0.29, 0.717) is 10.6 Å². The van der Waals surface area contributed by atoms with Crippen LogP contribution in [0.25, 0.3) is 0 Å². The molecule has 1 heterocycles. The van der Waals surface area contributed by atoms with E-state index in [9.17, 15) is 13.2 Å². The molecule has 0 saturated heterocycles. The van der Waals surface area contributed by atoms with Crippen LogP contribution < -0.4 is 4.72 Å². The number of hydrogen-bond acceptors (Lipinski definition) is 4. The zero-order valence-corrected chi connectivity index (χ0v) is 14.3. The summed E-state index contributed by atoms with van der Waals surface area (Å²) in [5.41, 5.74) is 0.837. The Labute approximate surface area is 140 Å². The Balaban J connectivity index is 2.18. The summed E-state index contributed by atoms with van der Waals surface area (Å²) in [6, 6.07) is 8.25. The predicted molar refractivity (Wildman–Crippen MR) is 86.8 cm³/mol. The second kappa shape index (κ2) is 7.16. The average Bonchev–Trinajstić information content (AvgIpc) is 2.90. The smallest absolute Gasteiger partial charge is 0.354 e. The van der Waals surface area contributed by atoms with E-state index in [1.165, 1.54) is 16.8 Å². The fourth-order valence-electron chi connectivity index (χ4n) is 1.99. The molecule has 0 aliphatic carbocycles. The van der Waals surface area contributed by atoms with E-state index in [1.807, 2.05) is 0 Å². The molecule has 0 aliphatic heterocycles. The summed E-state index contributed by atoms with van der Waals surface area (Å²) in [6.45, 7) is 1.96. The lowest BCUT2D eigenvalue weighted by molar-refractivity contribution is 0.0515. The molecular weight excluding hydrogens is 340 g/mol. The number of aryl methyl sites for hydroxylation is 1. The maximum absolute atomic E-state index is 12.3. The molecule has 0 amide bonds. The zero-order valence-electron chi connectivity index (χ0n) is 12.7. The van der Waals surface area contributed by atoms with Gasteiger partial charge in [0.05, 0.1) is 6.61 Å². The molecule has 0 aliphatic rings. The number of benzene rings is 1. The first-order chi connectivity index (χ1) is 10.8. The first kappa shape index (κ1) is 17.5. The van der Waals surface area contributed by atoms with E-state index in [4.69, 9.17) is 16.3 Å². The molecule has 1 aromatic carbocycles. The van der Waals surface area contributed by atoms with Gasteiger partial charge >= 0.3 is 5.97 Å². The molecule has 23 heavy (non-hydrogen) atoms. The molecule has 6 nitrogen and oxygen atoms in total. The number of carbonyl (C=O) groups excluding carboxylic acids is 1. The molecule has 0 radical (unpaired) electrons. The highest BCUT2D eigenvalue weighted by Gasteiger charge is 2.21. The van der Waals surface area contributed by atoms with Crippen LogP contribution in [0, 0.1) is 0 Å². The molecule has 0 fully saturated rings. The normalized spacial score (nSPS) is 11.4. The Morgan fingerprint density at radius 2 is 2.04 bits per heavy atom. The van der Waals surface area contributed by atoms with Gasteiger partial charge in [-0.15, -0.1) is 0 Å². The van der Waals surface area contributed by atoms with Crippen LogP contribution in [0.4, 0.5) is 0 Å². The fourth-order valence-corrected chi connectivity index (χ4v) is 3.27. The Bertz CT molecular complexity index is 815. The van der Waals surface area contributed by atoms with Crippen molar-refractivity contribution in [3.8, 4) is 0 Å². The number of halogens is 1. The topological polar surface area (TPSA) is 77.4 Å². The van der Waals surface area contributed by atoms with Gasteiger partial charge in [-0.1, -0.05) is 29.8 Å². The van der Waals surface area contributed by atoms with Gasteiger partial charge in [0, 0.05) is 24.8 Å². The van der Waals surface area contributed by atoms with Gasteiger partial charge < -0.3 is 9.30 Å². The monoisotopic (exact) mass is 356 g/mol. The van der Waals surface area contributed by atoms with Crippen molar-refractivity contribution < 1.29 is 17.9 Å². The third-order valence-electron chi connectivity index (χ3n) is 3.19. The van der Waals surface area contributed by atoms with Crippen molar-refractivity contribution in [2.24, 2.45) is 7.05 Å². The molecule has 124 valence electrons. The van der Waals surface area contributed by atoms with Crippen molar-refractivity contribution in [3.63, 3.8) is 0 Å². The molecule has 0 spiro atoms. The summed E-state index contributed by atoms with van der Waals surface area (Å²) < 4.78 is 33.5. The number of nitrogens with zero attached hydrogens (tertiary/aromatic N) is 1. The minimum absolute atomic E-state index is 0.00453. The van der Waals surface area contributed by atoms with E-state index in [0.717, 1.165) is 0 Å². The SMILES string of the molecule is CCOC(=O)c1cc(S(=O)(=O)NCc2ccccc2Cl)cn1C. The fraction of sp³-hybridized carbons (Fsp3) is 0.267. The van der Waals surface area contributed by atoms with Gasteiger partial charge in [-0.25, -0.2) is 17.9 Å². The lowest BCUT2D eigenvalue weighted by atomic mass is 10.2. The van der Waals surface area contributed by atoms with Gasteiger partial charge in [0.25, 0.3) is 0 Å². The summed E-state index contributed by atoms with van der Waals surface area (Å²) >= 11 is 6.00. The molecule has 1 aromatic heterocycles. The van der Waals surface area contributed by atoms with Crippen molar-refractivity contribution in [2.45, 2.75) is 18.4 Å². The quantitative estimate of drug-likeness (QED) is 0.806. The Hall–Kier alpha value is -1.83. The summed E-state index contributed by atoms with van der Waals surface area (Å²) in [7, 11) is -2.18. The van der Waals surface area contributed by atoms with Crippen molar-refractivity contribution >= 4 is 27.6 Å². The van der Waals surface area contributed by atoms with Crippen LogP contribution in [0.15, 0.2) is 41.4 Å². The molecule has 0 unspecified atom stereocenters. The van der Waals surface area contributed by atoms with Gasteiger partial charge in [-0.3, -0.25) is 0 Å². The Morgan fingerprint density at radius 1 is 1.35 bits per heavy atom. The predicted octanol–water partition coefficient (Wildman–Crippen LogP) is 2.33. The third kappa shape index (κ3) is 4.13. The lowest BCUT2D eigenvalue weighted by Crippen LogP contribution is -2.23. The minimum atomic E-state index is -3.76. The number of ether oxygens (including phenoxy) is 1. The standard InChI is InChI=1S/C15H17ClN2O4S/c1-3-22-15(19)14-8-12(10-18(14)2)23(20,21)17-9-11-6-4-5-7-13(11)16/h4-8,10,17H,3,9H2,1-2H3. The number of esters is 1. The van der Waals surface area contributed by atoms with Gasteiger partial charge in [-0.2, -0.15) is 0 Å². The van der Waals surface area contributed by atoms with E-state index < -0.39 is 16.0 Å². The van der Waals surface area contributed by atoms with Crippen LogP contribution in [-0.2, 0) is 28.4 Å². The maximum Gasteiger partial charge on any atom is 0.354 e. The highest BCUT2D eigenvalue weighted by molar-refractivity contribution is 7.89. The summed E-state index contributed by atoms with van der Waals surface area (Å²) in [6.07, 6.45) is 1.36. The van der Waals surface area contributed by atoms with Crippen molar-refractivity contribution in [1.82, 2.24) is 9.29 Å². The van der Waals surface area contributed by atoms with Crippen molar-refractivity contribution in [1.29, 1.82) is 0 Å². The number of aromatic nitrogens is 1. The van der Waals surface area contributed by atoms with E-state index >= 15 is 0 Å². The van der Waals surface area contributed by atoms with Crippen LogP contribution in [0.2, 0.25) is 5.02 Å². The van der Waals surface area contributed by atoms with Crippen LogP contribution >= 0.6 is 11.6 Å². The summed E-state index contributed by atoms with van der Waals surface area (Å²) in [5.74, 6) is -0.567. The third-order valence-corrected chi connectivity index (χ3v) is 4.92. The van der Waals surface area contributed by atoms with Crippen molar-refractivity contribution in [2.75, 3.05) is 6.61 Å². The van der Waals surface area contributed by atoms with Crippen LogP contribution in [0.1, 0.15) is 23.0 Å². The maximum atomic E-state index is 12.3. The van der Waals surface area contributed by atoms with Gasteiger partial charge in [-0.05, 0) is 24.6 Å². The Morgan fingerprint density at radius 3 is 2.70 bits per heavy atom. The van der Waals surface area contributed by atoms with Crippen LogP contribution in [0.5, 0.6) is 0 Å². The second-order valence-electron chi connectivity index (χ2n) is 4.81. The van der Waals surface area contributed by atoms with Gasteiger partial charge in [0.1, 0.15) is 10.6 Å². The number of nitrogens with one attached hydrogen (secondary N) is 1. The number of sulfonamides is 1. The first-order valence-corrected chi connectivity index (χ1v) is 8.78. The van der Waals surface area contributed by atoms with Gasteiger partial charge in [0.2, 0.25) is 10.0 Å². The largest absolute Gasteiger partial charge is 0.461 e. The first-order valence-electron chi connectivity index (χ1n) is 6.91. The van der Waals surface area contributed by atoms with E-state index in [2.05, 4.69) is 4.72 Å². The van der Waals surface area contributed by atoms with Crippen LogP contribution in [0.3, 0.4) is 0 Å². The summed E-state index contributed by atoms with van der Waals surface area (Å²) in [4.78, 5) is 11.7. The zero-order chi connectivity index (χ0) is 17.0. The Kier molecular flexibility index (Phi) is 5.46. The second-order valence-corrected chi connectivity index (χ2v) is 6.98. The molecule has 0 bridgehead atoms.